The standard InChI is InChI=1S/2C5H7.2ClH.Ti/c2*1-3-5-4-2;;;/h2*1,3-5H,2H3;2*1H;. The van der Waals surface area contributed by atoms with Crippen molar-refractivity contribution in [3.05, 3.63) is 45.2 Å². The van der Waals surface area contributed by atoms with Gasteiger partial charge in [0.05, 0.1) is 0 Å². The first-order chi connectivity index (χ1) is 5.41. The average molecular weight is 255 g/mol. The molecule has 0 saturated heterocycles. The van der Waals surface area contributed by atoms with Crippen LogP contribution in [-0.4, -0.2) is 0 Å². The van der Waals surface area contributed by atoms with Crippen LogP contribution in [0.2, 0.25) is 0 Å². The van der Waals surface area contributed by atoms with E-state index in [4.69, 9.17) is 0 Å². The first kappa shape index (κ1) is 18.9. The smallest absolute Gasteiger partial charge is 0.147 e. The molecule has 0 aromatic carbocycles. The number of rotatable bonds is 4. The van der Waals surface area contributed by atoms with Gasteiger partial charge in [-0.1, -0.05) is 0 Å². The van der Waals surface area contributed by atoms with Crippen LogP contribution in [0.1, 0.15) is 13.8 Å². The second-order valence-electron chi connectivity index (χ2n) is 1.94. The van der Waals surface area contributed by atoms with E-state index < -0.39 is 0 Å². The van der Waals surface area contributed by atoms with Gasteiger partial charge in [-0.05, 0) is 0 Å². The van der Waals surface area contributed by atoms with Gasteiger partial charge in [0.15, 0.2) is 0 Å². The molecule has 13 heavy (non-hydrogen) atoms. The zero-order valence-corrected chi connectivity index (χ0v) is 11.1. The van der Waals surface area contributed by atoms with E-state index in [1.807, 2.05) is 26.0 Å². The van der Waals surface area contributed by atoms with Crippen molar-refractivity contribution in [2.45, 2.75) is 13.8 Å². The first-order valence-electron chi connectivity index (χ1n) is 3.73. The van der Waals surface area contributed by atoms with Crippen molar-refractivity contribution >= 4 is 24.8 Å². The number of halogens is 2. The summed E-state index contributed by atoms with van der Waals surface area (Å²) in [7, 11) is 0. The second kappa shape index (κ2) is 18.1. The molecule has 0 aliphatic heterocycles. The van der Waals surface area contributed by atoms with Gasteiger partial charge in [-0.3, -0.25) is 0 Å². The second-order valence-corrected chi connectivity index (χ2v) is 3.50. The van der Waals surface area contributed by atoms with Gasteiger partial charge in [-0.25, -0.2) is 0 Å². The molecule has 0 spiro atoms. The van der Waals surface area contributed by atoms with Gasteiger partial charge in [0.25, 0.3) is 0 Å². The fourth-order valence-corrected chi connectivity index (χ4v) is 1.37. The predicted molar refractivity (Wildman–Crippen MR) is 62.4 cm³/mol. The molecule has 0 nitrogen and oxygen atoms in total. The summed E-state index contributed by atoms with van der Waals surface area (Å²) < 4.78 is 4.50. The molecule has 3 heteroatoms. The third kappa shape index (κ3) is 18.9. The van der Waals surface area contributed by atoms with Crippen LogP contribution < -0.4 is 0 Å². The van der Waals surface area contributed by atoms with E-state index in [0.29, 0.717) is 0 Å². The fourth-order valence-electron chi connectivity index (χ4n) is 0.500. The summed E-state index contributed by atoms with van der Waals surface area (Å²) in [6.07, 6.45) is 12.4. The molecule has 0 aromatic heterocycles. The minimum Gasteiger partial charge on any atom is -0.147 e. The third-order valence-electron chi connectivity index (χ3n) is 0.992. The van der Waals surface area contributed by atoms with Crippen LogP contribution in [0.15, 0.2) is 45.2 Å². The Morgan fingerprint density at radius 3 is 1.38 bits per heavy atom. The molecule has 0 amide bonds. The van der Waals surface area contributed by atoms with Crippen molar-refractivity contribution in [3.63, 3.8) is 0 Å². The Morgan fingerprint density at radius 2 is 1.08 bits per heavy atom. The average Bonchev–Trinajstić information content (AvgIpc) is 2.03. The molecule has 0 bridgehead atoms. The molecule has 0 rings (SSSR count). The molecule has 0 aliphatic rings. The minimum absolute atomic E-state index is 0. The van der Waals surface area contributed by atoms with Gasteiger partial charge in [-0.2, -0.15) is 0 Å². The molecule has 0 N–H and O–H groups in total. The van der Waals surface area contributed by atoms with Crippen LogP contribution in [0.5, 0.6) is 0 Å². The van der Waals surface area contributed by atoms with Crippen LogP contribution in [-0.2, 0) is 19.2 Å². The normalized spacial score (nSPS) is 10.9. The Bertz CT molecular complexity index is 161. The third-order valence-corrected chi connectivity index (χ3v) is 2.19. The molecular weight excluding hydrogens is 239 g/mol. The van der Waals surface area contributed by atoms with E-state index in [2.05, 4.69) is 33.1 Å². The molecule has 0 radical (unpaired) electrons. The summed E-state index contributed by atoms with van der Waals surface area (Å²) in [6.45, 7) is 4.06. The van der Waals surface area contributed by atoms with Crippen LogP contribution in [0.3, 0.4) is 0 Å². The SMILES string of the molecule is CC=CC=[CH][Ti][CH]=CC=CC.Cl.Cl. The van der Waals surface area contributed by atoms with Crippen molar-refractivity contribution in [3.8, 4) is 0 Å². The number of hydrogen-bond acceptors (Lipinski definition) is 0. The number of allylic oxidation sites excluding steroid dienone is 6. The van der Waals surface area contributed by atoms with E-state index in [9.17, 15) is 0 Å². The van der Waals surface area contributed by atoms with Crippen molar-refractivity contribution in [1.29, 1.82) is 0 Å². The Labute approximate surface area is 103 Å². The van der Waals surface area contributed by atoms with Gasteiger partial charge in [-0.15, -0.1) is 24.8 Å². The summed E-state index contributed by atoms with van der Waals surface area (Å²) in [6, 6.07) is 0. The van der Waals surface area contributed by atoms with E-state index in [0.717, 1.165) is 0 Å². The Kier molecular flexibility index (Phi) is 26.4. The molecule has 0 fully saturated rings. The fraction of sp³-hybridized carbons (Fsp3) is 0.200. The van der Waals surface area contributed by atoms with Crippen LogP contribution in [0, 0.1) is 0 Å². The van der Waals surface area contributed by atoms with E-state index >= 15 is 0 Å². The van der Waals surface area contributed by atoms with Crippen molar-refractivity contribution in [2.24, 2.45) is 0 Å². The van der Waals surface area contributed by atoms with Gasteiger partial charge in [0.2, 0.25) is 0 Å². The molecule has 0 aliphatic carbocycles. The summed E-state index contributed by atoms with van der Waals surface area (Å²) in [5, 5.41) is 0. The molecule has 0 saturated carbocycles. The summed E-state index contributed by atoms with van der Waals surface area (Å²) >= 11 is 0.0172. The zero-order valence-electron chi connectivity index (χ0n) is 7.94. The topological polar surface area (TPSA) is 0 Å². The van der Waals surface area contributed by atoms with E-state index in [1.54, 1.807) is 0 Å². The van der Waals surface area contributed by atoms with Crippen LogP contribution in [0.25, 0.3) is 0 Å². The van der Waals surface area contributed by atoms with Gasteiger partial charge < -0.3 is 0 Å². The molecule has 0 heterocycles. The first-order valence-corrected chi connectivity index (χ1v) is 5.54. The molecule has 0 unspecified atom stereocenters. The molecule has 0 atom stereocenters. The van der Waals surface area contributed by atoms with Gasteiger partial charge in [0.1, 0.15) is 0 Å². The summed E-state index contributed by atoms with van der Waals surface area (Å²) in [5.74, 6) is 0. The molecule has 74 valence electrons. The Balaban J connectivity index is -0.000000500. The number of hydrogen-bond donors (Lipinski definition) is 0. The van der Waals surface area contributed by atoms with Crippen LogP contribution >= 0.6 is 24.8 Å². The van der Waals surface area contributed by atoms with Crippen LogP contribution in [0.4, 0.5) is 0 Å². The predicted octanol–water partition coefficient (Wildman–Crippen LogP) is 4.09. The van der Waals surface area contributed by atoms with Gasteiger partial charge >= 0.3 is 78.2 Å². The maximum absolute atomic E-state index is 2.25. The van der Waals surface area contributed by atoms with E-state index in [1.165, 1.54) is 0 Å². The monoisotopic (exact) mass is 254 g/mol. The molecule has 0 aromatic rings. The van der Waals surface area contributed by atoms with Gasteiger partial charge in [0, 0.05) is 0 Å². The van der Waals surface area contributed by atoms with Crippen molar-refractivity contribution in [2.75, 3.05) is 0 Å². The largest absolute Gasteiger partial charge is 0.147 e. The molecular formula is C10H16Cl2Ti. The maximum Gasteiger partial charge on any atom is -0.147 e. The summed E-state index contributed by atoms with van der Waals surface area (Å²) in [5.41, 5.74) is 0. The Hall–Kier alpha value is 0.254. The van der Waals surface area contributed by atoms with Crippen molar-refractivity contribution < 1.29 is 19.2 Å². The van der Waals surface area contributed by atoms with Crippen molar-refractivity contribution in [1.82, 2.24) is 0 Å². The maximum atomic E-state index is 2.25. The zero-order chi connectivity index (χ0) is 8.36. The quantitative estimate of drug-likeness (QED) is 0.524. The minimum atomic E-state index is 0. The van der Waals surface area contributed by atoms with E-state index in [-0.39, 0.29) is 44.0 Å². The summed E-state index contributed by atoms with van der Waals surface area (Å²) in [4.78, 5) is 0. The Morgan fingerprint density at radius 1 is 0.692 bits per heavy atom.